The molecule has 0 aliphatic rings. The average Bonchev–Trinajstić information content (AvgIpc) is 2.85. The Morgan fingerprint density at radius 1 is 1.17 bits per heavy atom. The standard InChI is InChI=1S/C16H13ClN2O2S2/c1-2-11-19-14-5-3-4-6-15(14)22-16(19)18-23(20,21)13-9-7-12(17)8-10-13/h2-10H,1,11H2/b18-16-. The number of nitrogens with zero attached hydrogens (tertiary/aromatic N) is 2. The number of aromatic nitrogens is 1. The number of thiazole rings is 1. The summed E-state index contributed by atoms with van der Waals surface area (Å²) >= 11 is 7.14. The van der Waals surface area contributed by atoms with Crippen LogP contribution in [0.25, 0.3) is 10.2 Å². The van der Waals surface area contributed by atoms with Crippen LogP contribution in [0.2, 0.25) is 5.02 Å². The molecule has 1 aromatic heterocycles. The van der Waals surface area contributed by atoms with Crippen LogP contribution in [0.5, 0.6) is 0 Å². The minimum absolute atomic E-state index is 0.115. The molecular formula is C16H13ClN2O2S2. The zero-order valence-corrected chi connectivity index (χ0v) is 14.4. The molecule has 0 unspecified atom stereocenters. The molecule has 0 bridgehead atoms. The molecule has 2 aromatic carbocycles. The molecule has 0 spiro atoms. The van der Waals surface area contributed by atoms with E-state index in [4.69, 9.17) is 11.6 Å². The smallest absolute Gasteiger partial charge is 0.285 e. The summed E-state index contributed by atoms with van der Waals surface area (Å²) in [6, 6.07) is 13.7. The lowest BCUT2D eigenvalue weighted by Gasteiger charge is -2.01. The van der Waals surface area contributed by atoms with Crippen molar-refractivity contribution in [2.75, 3.05) is 0 Å². The fourth-order valence-corrected chi connectivity index (χ4v) is 4.53. The van der Waals surface area contributed by atoms with Crippen molar-refractivity contribution in [1.29, 1.82) is 0 Å². The lowest BCUT2D eigenvalue weighted by atomic mass is 10.3. The van der Waals surface area contributed by atoms with Gasteiger partial charge in [-0.25, -0.2) is 0 Å². The first kappa shape index (κ1) is 16.0. The first-order valence-electron chi connectivity index (χ1n) is 6.77. The summed E-state index contributed by atoms with van der Waals surface area (Å²) in [7, 11) is -3.80. The first-order chi connectivity index (χ1) is 11.0. The Morgan fingerprint density at radius 2 is 1.87 bits per heavy atom. The maximum atomic E-state index is 12.5. The van der Waals surface area contributed by atoms with Crippen molar-refractivity contribution in [3.05, 3.63) is 71.0 Å². The van der Waals surface area contributed by atoms with Gasteiger partial charge in [0.15, 0.2) is 0 Å². The molecule has 0 aliphatic heterocycles. The second-order valence-electron chi connectivity index (χ2n) is 4.77. The first-order valence-corrected chi connectivity index (χ1v) is 9.40. The third-order valence-corrected chi connectivity index (χ3v) is 5.92. The van der Waals surface area contributed by atoms with Crippen LogP contribution in [0.4, 0.5) is 0 Å². The van der Waals surface area contributed by atoms with E-state index in [1.165, 1.54) is 35.6 Å². The number of halogens is 1. The summed E-state index contributed by atoms with van der Waals surface area (Å²) < 4.78 is 31.8. The van der Waals surface area contributed by atoms with Crippen LogP contribution in [0.15, 0.2) is 70.5 Å². The highest BCUT2D eigenvalue weighted by atomic mass is 35.5. The summed E-state index contributed by atoms with van der Waals surface area (Å²) in [6.45, 7) is 4.21. The molecule has 0 radical (unpaired) electrons. The van der Waals surface area contributed by atoms with E-state index in [0.29, 0.717) is 16.4 Å². The topological polar surface area (TPSA) is 51.4 Å². The summed E-state index contributed by atoms with van der Waals surface area (Å²) in [4.78, 5) is 0.533. The van der Waals surface area contributed by atoms with E-state index in [-0.39, 0.29) is 4.90 Å². The third-order valence-electron chi connectivity index (χ3n) is 3.21. The largest absolute Gasteiger partial charge is 0.312 e. The van der Waals surface area contributed by atoms with E-state index in [1.807, 2.05) is 28.8 Å². The summed E-state index contributed by atoms with van der Waals surface area (Å²) in [5.74, 6) is 0. The zero-order valence-electron chi connectivity index (χ0n) is 12.0. The van der Waals surface area contributed by atoms with Crippen molar-refractivity contribution in [3.8, 4) is 0 Å². The van der Waals surface area contributed by atoms with Gasteiger partial charge >= 0.3 is 0 Å². The highest BCUT2D eigenvalue weighted by molar-refractivity contribution is 7.90. The number of hydrogen-bond donors (Lipinski definition) is 0. The Hall–Kier alpha value is -1.89. The molecule has 0 fully saturated rings. The Bertz CT molecular complexity index is 1030. The summed E-state index contributed by atoms with van der Waals surface area (Å²) in [5.41, 5.74) is 0.933. The molecule has 0 saturated heterocycles. The normalized spacial score (nSPS) is 12.7. The van der Waals surface area contributed by atoms with E-state index < -0.39 is 10.0 Å². The van der Waals surface area contributed by atoms with Crippen LogP contribution in [-0.4, -0.2) is 13.0 Å². The number of hydrogen-bond acceptors (Lipinski definition) is 3. The van der Waals surface area contributed by atoms with Crippen molar-refractivity contribution in [1.82, 2.24) is 4.57 Å². The molecule has 4 nitrogen and oxygen atoms in total. The number of sulfonamides is 1. The van der Waals surface area contributed by atoms with E-state index in [9.17, 15) is 8.42 Å². The van der Waals surface area contributed by atoms with Gasteiger partial charge in [0.1, 0.15) is 0 Å². The molecule has 7 heteroatoms. The van der Waals surface area contributed by atoms with Gasteiger partial charge in [-0.15, -0.1) is 11.0 Å². The maximum absolute atomic E-state index is 12.5. The van der Waals surface area contributed by atoms with Crippen molar-refractivity contribution < 1.29 is 8.42 Å². The predicted molar refractivity (Wildman–Crippen MR) is 94.2 cm³/mol. The second kappa shape index (κ2) is 6.31. The monoisotopic (exact) mass is 364 g/mol. The van der Waals surface area contributed by atoms with Crippen molar-refractivity contribution in [3.63, 3.8) is 0 Å². The highest BCUT2D eigenvalue weighted by Gasteiger charge is 2.14. The molecule has 1 heterocycles. The van der Waals surface area contributed by atoms with Crippen LogP contribution in [0.1, 0.15) is 0 Å². The molecular weight excluding hydrogens is 352 g/mol. The highest BCUT2D eigenvalue weighted by Crippen LogP contribution is 2.19. The minimum atomic E-state index is -3.80. The van der Waals surface area contributed by atoms with E-state index in [2.05, 4.69) is 11.0 Å². The molecule has 0 aliphatic carbocycles. The fourth-order valence-electron chi connectivity index (χ4n) is 2.16. The Balaban J connectivity index is 2.22. The van der Waals surface area contributed by atoms with Crippen LogP contribution < -0.4 is 4.80 Å². The predicted octanol–water partition coefficient (Wildman–Crippen LogP) is 3.83. The molecule has 3 aromatic rings. The fraction of sp³-hybridized carbons (Fsp3) is 0.0625. The van der Waals surface area contributed by atoms with Crippen molar-refractivity contribution in [2.45, 2.75) is 11.4 Å². The molecule has 0 atom stereocenters. The van der Waals surface area contributed by atoms with E-state index in [0.717, 1.165) is 10.2 Å². The van der Waals surface area contributed by atoms with Crippen LogP contribution >= 0.6 is 22.9 Å². The lowest BCUT2D eigenvalue weighted by Crippen LogP contribution is -2.16. The lowest BCUT2D eigenvalue weighted by molar-refractivity contribution is 0.596. The number of fused-ring (bicyclic) bond motifs is 1. The van der Waals surface area contributed by atoms with Gasteiger partial charge in [0, 0.05) is 11.6 Å². The molecule has 3 rings (SSSR count). The van der Waals surface area contributed by atoms with Crippen LogP contribution in [0, 0.1) is 0 Å². The maximum Gasteiger partial charge on any atom is 0.285 e. The quantitative estimate of drug-likeness (QED) is 0.660. The Kier molecular flexibility index (Phi) is 4.39. The third kappa shape index (κ3) is 3.24. The Morgan fingerprint density at radius 3 is 2.57 bits per heavy atom. The SMILES string of the molecule is C=CCn1/c(=N/S(=O)(=O)c2ccc(Cl)cc2)sc2ccccc21. The number of allylic oxidation sites excluding steroid dienone is 1. The Labute approximate surface area is 143 Å². The molecule has 23 heavy (non-hydrogen) atoms. The van der Waals surface area contributed by atoms with Crippen molar-refractivity contribution >= 4 is 43.2 Å². The summed E-state index contributed by atoms with van der Waals surface area (Å²) in [6.07, 6.45) is 1.72. The number of para-hydroxylation sites is 1. The van der Waals surface area contributed by atoms with Gasteiger partial charge in [0.05, 0.1) is 15.1 Å². The van der Waals surface area contributed by atoms with Gasteiger partial charge in [-0.3, -0.25) is 0 Å². The van der Waals surface area contributed by atoms with Crippen LogP contribution in [-0.2, 0) is 16.6 Å². The van der Waals surface area contributed by atoms with Gasteiger partial charge < -0.3 is 4.57 Å². The molecule has 0 saturated carbocycles. The van der Waals surface area contributed by atoms with Gasteiger partial charge in [0.2, 0.25) is 4.80 Å². The van der Waals surface area contributed by atoms with E-state index in [1.54, 1.807) is 6.08 Å². The van der Waals surface area contributed by atoms with Gasteiger partial charge in [-0.1, -0.05) is 41.1 Å². The second-order valence-corrected chi connectivity index (χ2v) is 7.82. The van der Waals surface area contributed by atoms with Crippen molar-refractivity contribution in [2.24, 2.45) is 4.40 Å². The molecule has 118 valence electrons. The van der Waals surface area contributed by atoms with Gasteiger partial charge in [0.25, 0.3) is 10.0 Å². The minimum Gasteiger partial charge on any atom is -0.312 e. The average molecular weight is 365 g/mol. The van der Waals surface area contributed by atoms with E-state index >= 15 is 0 Å². The zero-order chi connectivity index (χ0) is 16.4. The number of rotatable bonds is 4. The van der Waals surface area contributed by atoms with Gasteiger partial charge in [-0.2, -0.15) is 8.42 Å². The van der Waals surface area contributed by atoms with Gasteiger partial charge in [-0.05, 0) is 36.4 Å². The summed E-state index contributed by atoms with van der Waals surface area (Å²) in [5, 5.41) is 0.479. The molecule has 0 N–H and O–H groups in total. The number of benzene rings is 2. The molecule has 0 amide bonds. The van der Waals surface area contributed by atoms with Crippen LogP contribution in [0.3, 0.4) is 0 Å².